The van der Waals surface area contributed by atoms with E-state index in [9.17, 15) is 14.9 Å². The van der Waals surface area contributed by atoms with Gasteiger partial charge in [0, 0.05) is 5.69 Å². The van der Waals surface area contributed by atoms with E-state index in [-0.39, 0.29) is 12.2 Å². The molecule has 0 bridgehead atoms. The summed E-state index contributed by atoms with van der Waals surface area (Å²) in [6.07, 6.45) is 1.44. The third-order valence-corrected chi connectivity index (χ3v) is 4.84. The van der Waals surface area contributed by atoms with E-state index in [1.54, 1.807) is 18.2 Å². The summed E-state index contributed by atoms with van der Waals surface area (Å²) < 4.78 is 15.8. The number of anilines is 1. The van der Waals surface area contributed by atoms with Crippen LogP contribution < -0.4 is 14.8 Å². The molecule has 0 heterocycles. The van der Waals surface area contributed by atoms with Gasteiger partial charge in [-0.1, -0.05) is 6.07 Å². The van der Waals surface area contributed by atoms with Crippen LogP contribution in [0.25, 0.3) is 6.08 Å². The van der Waals surface area contributed by atoms with E-state index in [1.807, 2.05) is 32.0 Å². The van der Waals surface area contributed by atoms with Crippen molar-refractivity contribution in [1.29, 1.82) is 5.26 Å². The molecule has 7 nitrogen and oxygen atoms in total. The SMILES string of the molecule is COC(=O)COc1c(Br)cc(/C=C(\C#N)C(=O)Nc2ccc(C)c(C)c2)cc1OC. The summed E-state index contributed by atoms with van der Waals surface area (Å²) in [6.45, 7) is 3.63. The van der Waals surface area contributed by atoms with E-state index in [4.69, 9.17) is 9.47 Å². The van der Waals surface area contributed by atoms with Crippen LogP contribution in [0.4, 0.5) is 5.69 Å². The van der Waals surface area contributed by atoms with Crippen molar-refractivity contribution in [2.45, 2.75) is 13.8 Å². The molecule has 8 heteroatoms. The van der Waals surface area contributed by atoms with Crippen LogP contribution in [0, 0.1) is 25.2 Å². The fraction of sp³-hybridized carbons (Fsp3) is 0.227. The third-order valence-electron chi connectivity index (χ3n) is 4.25. The molecule has 0 spiro atoms. The molecule has 0 aliphatic heterocycles. The second kappa shape index (κ2) is 10.5. The molecule has 0 fully saturated rings. The van der Waals surface area contributed by atoms with Crippen molar-refractivity contribution < 1.29 is 23.8 Å². The maximum atomic E-state index is 12.5. The lowest BCUT2D eigenvalue weighted by Crippen LogP contribution is -2.14. The van der Waals surface area contributed by atoms with Crippen LogP contribution >= 0.6 is 15.9 Å². The molecule has 0 aliphatic rings. The molecule has 0 saturated carbocycles. The number of esters is 1. The Morgan fingerprint density at radius 2 is 1.90 bits per heavy atom. The first kappa shape index (κ1) is 23.0. The summed E-state index contributed by atoms with van der Waals surface area (Å²) in [5, 5.41) is 12.2. The molecule has 1 amide bonds. The Morgan fingerprint density at radius 3 is 2.50 bits per heavy atom. The van der Waals surface area contributed by atoms with E-state index in [1.165, 1.54) is 20.3 Å². The molecule has 0 unspecified atom stereocenters. The topological polar surface area (TPSA) is 97.7 Å². The van der Waals surface area contributed by atoms with E-state index >= 15 is 0 Å². The van der Waals surface area contributed by atoms with E-state index in [2.05, 4.69) is 26.0 Å². The summed E-state index contributed by atoms with van der Waals surface area (Å²) in [7, 11) is 2.70. The standard InChI is InChI=1S/C22H21BrN2O5/c1-13-5-6-17(7-14(13)2)25-22(27)16(11-24)8-15-9-18(23)21(19(10-15)28-3)30-12-20(26)29-4/h5-10H,12H2,1-4H3,(H,25,27)/b16-8+. The highest BCUT2D eigenvalue weighted by atomic mass is 79.9. The maximum absolute atomic E-state index is 12.5. The number of methoxy groups -OCH3 is 2. The van der Waals surface area contributed by atoms with Gasteiger partial charge in [-0.3, -0.25) is 4.79 Å². The van der Waals surface area contributed by atoms with Gasteiger partial charge in [0.05, 0.1) is 18.7 Å². The van der Waals surface area contributed by atoms with Gasteiger partial charge in [-0.25, -0.2) is 4.79 Å². The molecular formula is C22H21BrN2O5. The molecule has 0 atom stereocenters. The van der Waals surface area contributed by atoms with E-state index in [0.29, 0.717) is 27.2 Å². The summed E-state index contributed by atoms with van der Waals surface area (Å²) in [5.41, 5.74) is 3.21. The molecule has 2 aromatic carbocycles. The van der Waals surface area contributed by atoms with Crippen molar-refractivity contribution in [3.05, 3.63) is 57.1 Å². The molecule has 156 valence electrons. The number of hydrogen-bond donors (Lipinski definition) is 1. The number of carbonyl (C=O) groups is 2. The summed E-state index contributed by atoms with van der Waals surface area (Å²) in [6, 6.07) is 10.7. The minimum Gasteiger partial charge on any atom is -0.493 e. The van der Waals surface area contributed by atoms with Gasteiger partial charge in [-0.15, -0.1) is 0 Å². The fourth-order valence-electron chi connectivity index (χ4n) is 2.49. The van der Waals surface area contributed by atoms with Crippen LogP contribution in [0.3, 0.4) is 0 Å². The Kier molecular flexibility index (Phi) is 8.01. The van der Waals surface area contributed by atoms with E-state index in [0.717, 1.165) is 11.1 Å². The molecule has 0 saturated heterocycles. The highest BCUT2D eigenvalue weighted by molar-refractivity contribution is 9.10. The van der Waals surface area contributed by atoms with Gasteiger partial charge < -0.3 is 19.5 Å². The largest absolute Gasteiger partial charge is 0.493 e. The first-order chi connectivity index (χ1) is 14.3. The number of nitriles is 1. The number of amides is 1. The van der Waals surface area contributed by atoms with Crippen molar-refractivity contribution >= 4 is 39.6 Å². The Bertz CT molecular complexity index is 1040. The normalized spacial score (nSPS) is 10.7. The smallest absolute Gasteiger partial charge is 0.343 e. The Morgan fingerprint density at radius 1 is 1.17 bits per heavy atom. The lowest BCUT2D eigenvalue weighted by atomic mass is 10.1. The first-order valence-corrected chi connectivity index (χ1v) is 9.66. The van der Waals surface area contributed by atoms with Crippen LogP contribution in [-0.4, -0.2) is 32.7 Å². The number of rotatable bonds is 7. The lowest BCUT2D eigenvalue weighted by molar-refractivity contribution is -0.142. The first-order valence-electron chi connectivity index (χ1n) is 8.86. The maximum Gasteiger partial charge on any atom is 0.343 e. The molecule has 1 N–H and O–H groups in total. The van der Waals surface area contributed by atoms with Crippen molar-refractivity contribution in [1.82, 2.24) is 0 Å². The van der Waals surface area contributed by atoms with Crippen LogP contribution in [0.5, 0.6) is 11.5 Å². The molecular weight excluding hydrogens is 452 g/mol. The zero-order chi connectivity index (χ0) is 22.3. The van der Waals surface area contributed by atoms with Gasteiger partial charge in [-0.05, 0) is 76.8 Å². The van der Waals surface area contributed by atoms with Crippen LogP contribution in [-0.2, 0) is 14.3 Å². The number of aryl methyl sites for hydroxylation is 2. The highest BCUT2D eigenvalue weighted by Gasteiger charge is 2.15. The van der Waals surface area contributed by atoms with Gasteiger partial charge in [0.2, 0.25) is 0 Å². The Balaban J connectivity index is 2.28. The second-order valence-corrected chi connectivity index (χ2v) is 7.18. The van der Waals surface area contributed by atoms with Gasteiger partial charge in [0.15, 0.2) is 18.1 Å². The summed E-state index contributed by atoms with van der Waals surface area (Å²) >= 11 is 3.36. The molecule has 2 rings (SSSR count). The number of nitrogens with one attached hydrogen (secondary N) is 1. The number of hydrogen-bond acceptors (Lipinski definition) is 6. The monoisotopic (exact) mass is 472 g/mol. The van der Waals surface area contributed by atoms with Crippen LogP contribution in [0.2, 0.25) is 0 Å². The third kappa shape index (κ3) is 5.84. The van der Waals surface area contributed by atoms with Gasteiger partial charge in [0.1, 0.15) is 11.6 Å². The number of ether oxygens (including phenoxy) is 3. The number of benzene rings is 2. The fourth-order valence-corrected chi connectivity index (χ4v) is 3.06. The van der Waals surface area contributed by atoms with Gasteiger partial charge >= 0.3 is 5.97 Å². The minimum atomic E-state index is -0.539. The average Bonchev–Trinajstić information content (AvgIpc) is 2.72. The second-order valence-electron chi connectivity index (χ2n) is 6.32. The van der Waals surface area contributed by atoms with Crippen molar-refractivity contribution in [3.8, 4) is 17.6 Å². The highest BCUT2D eigenvalue weighted by Crippen LogP contribution is 2.37. The number of halogens is 1. The van der Waals surface area contributed by atoms with E-state index < -0.39 is 11.9 Å². The molecule has 0 radical (unpaired) electrons. The lowest BCUT2D eigenvalue weighted by Gasteiger charge is -2.13. The molecule has 0 aromatic heterocycles. The van der Waals surface area contributed by atoms with Gasteiger partial charge in [0.25, 0.3) is 5.91 Å². The van der Waals surface area contributed by atoms with Crippen molar-refractivity contribution in [3.63, 3.8) is 0 Å². The van der Waals surface area contributed by atoms with Crippen LogP contribution in [0.1, 0.15) is 16.7 Å². The molecule has 30 heavy (non-hydrogen) atoms. The van der Waals surface area contributed by atoms with Crippen molar-refractivity contribution in [2.75, 3.05) is 26.1 Å². The van der Waals surface area contributed by atoms with Crippen molar-refractivity contribution in [2.24, 2.45) is 0 Å². The minimum absolute atomic E-state index is 0.0783. The predicted octanol–water partition coefficient (Wildman–Crippen LogP) is 4.17. The van der Waals surface area contributed by atoms with Crippen LogP contribution in [0.15, 0.2) is 40.4 Å². The summed E-state index contributed by atoms with van der Waals surface area (Å²) in [5.74, 6) is -0.436. The average molecular weight is 473 g/mol. The van der Waals surface area contributed by atoms with Gasteiger partial charge in [-0.2, -0.15) is 5.26 Å². The predicted molar refractivity (Wildman–Crippen MR) is 116 cm³/mol. The number of carbonyl (C=O) groups excluding carboxylic acids is 2. The Hall–Kier alpha value is -3.31. The zero-order valence-corrected chi connectivity index (χ0v) is 18.6. The molecule has 0 aliphatic carbocycles. The summed E-state index contributed by atoms with van der Waals surface area (Å²) in [4.78, 5) is 23.9. The Labute approximate surface area is 183 Å². The molecule has 2 aromatic rings. The quantitative estimate of drug-likeness (QED) is 0.368. The zero-order valence-electron chi connectivity index (χ0n) is 17.0. The number of nitrogens with zero attached hydrogens (tertiary/aromatic N) is 1.